The predicted molar refractivity (Wildman–Crippen MR) is 150 cm³/mol. The molecule has 8 heteroatoms. The molecule has 1 aliphatic rings. The number of hydrogen-bond acceptors (Lipinski definition) is 5. The van der Waals surface area contributed by atoms with Gasteiger partial charge in [-0.15, -0.1) is 0 Å². The van der Waals surface area contributed by atoms with Gasteiger partial charge in [-0.2, -0.15) is 0 Å². The Hall–Kier alpha value is -2.93. The SMILES string of the molecule is CCOc1cc(/C=C2/SC(=Nc3ccccc3CC)N(C)C2=O)ccc1OCc1ccc(Cl)c(Cl)c1. The van der Waals surface area contributed by atoms with Gasteiger partial charge in [0.05, 0.1) is 27.2 Å². The number of carbonyl (C=O) groups excluding carboxylic acids is 1. The molecule has 3 aromatic rings. The van der Waals surface area contributed by atoms with E-state index in [9.17, 15) is 4.79 Å². The van der Waals surface area contributed by atoms with E-state index in [1.165, 1.54) is 11.8 Å². The maximum atomic E-state index is 12.9. The van der Waals surface area contributed by atoms with E-state index >= 15 is 0 Å². The number of ether oxygens (including phenoxy) is 2. The van der Waals surface area contributed by atoms with Crippen LogP contribution < -0.4 is 9.47 Å². The number of halogens is 2. The maximum Gasteiger partial charge on any atom is 0.266 e. The second kappa shape index (κ2) is 11.9. The molecule has 0 atom stereocenters. The third-order valence-corrected chi connectivity index (χ3v) is 7.34. The molecule has 4 rings (SSSR count). The highest BCUT2D eigenvalue weighted by Gasteiger charge is 2.30. The molecule has 0 N–H and O–H groups in total. The zero-order valence-electron chi connectivity index (χ0n) is 20.3. The highest BCUT2D eigenvalue weighted by Crippen LogP contribution is 2.36. The van der Waals surface area contributed by atoms with E-state index in [2.05, 4.69) is 13.0 Å². The van der Waals surface area contributed by atoms with Gasteiger partial charge in [-0.1, -0.05) is 60.5 Å². The van der Waals surface area contributed by atoms with Crippen LogP contribution in [-0.4, -0.2) is 29.6 Å². The molecule has 186 valence electrons. The molecular formula is C28H26Cl2N2O3S. The lowest BCUT2D eigenvalue weighted by Crippen LogP contribution is -2.23. The molecule has 1 saturated heterocycles. The number of thioether (sulfide) groups is 1. The summed E-state index contributed by atoms with van der Waals surface area (Å²) in [6.45, 7) is 4.80. The summed E-state index contributed by atoms with van der Waals surface area (Å²) in [5, 5.41) is 1.63. The quantitative estimate of drug-likeness (QED) is 0.274. The van der Waals surface area contributed by atoms with E-state index in [1.54, 1.807) is 24.1 Å². The molecule has 0 spiro atoms. The Morgan fingerprint density at radius 3 is 2.53 bits per heavy atom. The zero-order valence-corrected chi connectivity index (χ0v) is 22.6. The van der Waals surface area contributed by atoms with Crippen LogP contribution in [0, 0.1) is 0 Å². The number of para-hydroxylation sites is 1. The van der Waals surface area contributed by atoms with Crippen molar-refractivity contribution >= 4 is 57.8 Å². The number of aryl methyl sites for hydroxylation is 1. The fraction of sp³-hybridized carbons (Fsp3) is 0.214. The third-order valence-electron chi connectivity index (χ3n) is 5.54. The normalized spacial score (nSPS) is 15.7. The smallest absolute Gasteiger partial charge is 0.266 e. The van der Waals surface area contributed by atoms with Gasteiger partial charge in [-0.05, 0) is 78.2 Å². The molecule has 0 saturated carbocycles. The van der Waals surface area contributed by atoms with Crippen molar-refractivity contribution in [3.8, 4) is 11.5 Å². The molecule has 3 aromatic carbocycles. The van der Waals surface area contributed by atoms with Crippen molar-refractivity contribution in [1.29, 1.82) is 0 Å². The monoisotopic (exact) mass is 540 g/mol. The largest absolute Gasteiger partial charge is 0.490 e. The average molecular weight is 542 g/mol. The van der Waals surface area contributed by atoms with Crippen molar-refractivity contribution in [3.05, 3.63) is 92.3 Å². The number of aliphatic imine (C=N–C) groups is 1. The standard InChI is InChI=1S/C28H26Cl2N2O3S/c1-4-20-8-6-7-9-23(20)31-28-32(3)27(33)26(36-28)16-18-11-13-24(25(15-18)34-5-2)35-17-19-10-12-21(29)22(30)14-19/h6-16H,4-5,17H2,1-3H3/b26-16+,31-28?. The van der Waals surface area contributed by atoms with Crippen LogP contribution >= 0.6 is 35.0 Å². The van der Waals surface area contributed by atoms with Crippen molar-refractivity contribution in [2.45, 2.75) is 26.9 Å². The van der Waals surface area contributed by atoms with Crippen molar-refractivity contribution < 1.29 is 14.3 Å². The molecule has 0 aliphatic carbocycles. The van der Waals surface area contributed by atoms with Crippen LogP contribution in [0.1, 0.15) is 30.5 Å². The van der Waals surface area contributed by atoms with Gasteiger partial charge in [0, 0.05) is 7.05 Å². The fourth-order valence-corrected chi connectivity index (χ4v) is 4.92. The molecule has 1 heterocycles. The van der Waals surface area contributed by atoms with Gasteiger partial charge in [-0.25, -0.2) is 4.99 Å². The first kappa shape index (κ1) is 26.1. The zero-order chi connectivity index (χ0) is 25.7. The van der Waals surface area contributed by atoms with Gasteiger partial charge in [0.15, 0.2) is 16.7 Å². The van der Waals surface area contributed by atoms with Gasteiger partial charge in [0.2, 0.25) is 0 Å². The average Bonchev–Trinajstić information content (AvgIpc) is 3.13. The van der Waals surface area contributed by atoms with Gasteiger partial charge < -0.3 is 9.47 Å². The Morgan fingerprint density at radius 1 is 0.972 bits per heavy atom. The van der Waals surface area contributed by atoms with Gasteiger partial charge in [-0.3, -0.25) is 9.69 Å². The Labute approximate surface area is 225 Å². The minimum atomic E-state index is -0.0920. The molecule has 0 aromatic heterocycles. The fourth-order valence-electron chi connectivity index (χ4n) is 3.62. The van der Waals surface area contributed by atoms with E-state index in [0.29, 0.717) is 44.8 Å². The Bertz CT molecular complexity index is 1340. The summed E-state index contributed by atoms with van der Waals surface area (Å²) in [5.41, 5.74) is 3.75. The van der Waals surface area contributed by atoms with Crippen molar-refractivity contribution in [2.75, 3.05) is 13.7 Å². The van der Waals surface area contributed by atoms with Crippen molar-refractivity contribution in [2.24, 2.45) is 4.99 Å². The number of rotatable bonds is 8. The maximum absolute atomic E-state index is 12.9. The van der Waals surface area contributed by atoms with Crippen LogP contribution in [0.15, 0.2) is 70.6 Å². The molecule has 0 radical (unpaired) electrons. The summed E-state index contributed by atoms with van der Waals surface area (Å²) >= 11 is 13.5. The molecule has 1 aliphatic heterocycles. The van der Waals surface area contributed by atoms with Crippen LogP contribution in [0.5, 0.6) is 11.5 Å². The van der Waals surface area contributed by atoms with Crippen LogP contribution in [0.2, 0.25) is 10.0 Å². The second-order valence-corrected chi connectivity index (χ2v) is 9.85. The summed E-state index contributed by atoms with van der Waals surface area (Å²) in [6, 6.07) is 19.0. The van der Waals surface area contributed by atoms with E-state index in [0.717, 1.165) is 28.8 Å². The lowest BCUT2D eigenvalue weighted by Gasteiger charge is -2.13. The summed E-state index contributed by atoms with van der Waals surface area (Å²) in [5.74, 6) is 1.11. The van der Waals surface area contributed by atoms with Crippen LogP contribution in [-0.2, 0) is 17.8 Å². The van der Waals surface area contributed by atoms with E-state index in [-0.39, 0.29) is 5.91 Å². The predicted octanol–water partition coefficient (Wildman–Crippen LogP) is 7.77. The minimum absolute atomic E-state index is 0.0920. The van der Waals surface area contributed by atoms with Gasteiger partial charge >= 0.3 is 0 Å². The number of carbonyl (C=O) groups is 1. The molecule has 1 amide bonds. The topological polar surface area (TPSA) is 51.1 Å². The summed E-state index contributed by atoms with van der Waals surface area (Å²) in [4.78, 5) is 19.9. The minimum Gasteiger partial charge on any atom is -0.490 e. The molecular weight excluding hydrogens is 515 g/mol. The second-order valence-electron chi connectivity index (χ2n) is 8.03. The molecule has 1 fully saturated rings. The number of hydrogen-bond donors (Lipinski definition) is 0. The molecule has 36 heavy (non-hydrogen) atoms. The number of likely N-dealkylation sites (N-methyl/N-ethyl adjacent to an activating group) is 1. The Morgan fingerprint density at radius 2 is 1.78 bits per heavy atom. The lowest BCUT2D eigenvalue weighted by molar-refractivity contribution is -0.121. The van der Waals surface area contributed by atoms with E-state index in [4.69, 9.17) is 37.7 Å². The number of benzene rings is 3. The molecule has 0 bridgehead atoms. The first-order chi connectivity index (χ1) is 17.4. The first-order valence-electron chi connectivity index (χ1n) is 11.6. The van der Waals surface area contributed by atoms with Gasteiger partial charge in [0.1, 0.15) is 6.61 Å². The highest BCUT2D eigenvalue weighted by atomic mass is 35.5. The van der Waals surface area contributed by atoms with Crippen LogP contribution in [0.3, 0.4) is 0 Å². The van der Waals surface area contributed by atoms with Crippen molar-refractivity contribution in [1.82, 2.24) is 4.90 Å². The Balaban J connectivity index is 1.55. The number of amides is 1. The first-order valence-corrected chi connectivity index (χ1v) is 13.1. The molecule has 0 unspecified atom stereocenters. The van der Waals surface area contributed by atoms with Crippen molar-refractivity contribution in [3.63, 3.8) is 0 Å². The molecule has 5 nitrogen and oxygen atoms in total. The number of amidine groups is 1. The van der Waals surface area contributed by atoms with E-state index < -0.39 is 0 Å². The third kappa shape index (κ3) is 6.06. The Kier molecular flexibility index (Phi) is 8.62. The summed E-state index contributed by atoms with van der Waals surface area (Å²) < 4.78 is 11.8. The summed E-state index contributed by atoms with van der Waals surface area (Å²) in [6.07, 6.45) is 2.72. The highest BCUT2D eigenvalue weighted by molar-refractivity contribution is 8.18. The van der Waals surface area contributed by atoms with E-state index in [1.807, 2.05) is 55.5 Å². The lowest BCUT2D eigenvalue weighted by atomic mass is 10.1. The summed E-state index contributed by atoms with van der Waals surface area (Å²) in [7, 11) is 1.75. The van der Waals surface area contributed by atoms with Crippen LogP contribution in [0.25, 0.3) is 6.08 Å². The van der Waals surface area contributed by atoms with Crippen LogP contribution in [0.4, 0.5) is 5.69 Å². The van der Waals surface area contributed by atoms with Gasteiger partial charge in [0.25, 0.3) is 5.91 Å². The number of nitrogens with zero attached hydrogens (tertiary/aromatic N) is 2.